The maximum atomic E-state index is 12.3. The zero-order valence-electron chi connectivity index (χ0n) is 10.8. The normalized spacial score (nSPS) is 31.2. The summed E-state index contributed by atoms with van der Waals surface area (Å²) < 4.78 is 0. The summed E-state index contributed by atoms with van der Waals surface area (Å²) in [5.74, 6) is 0. The Bertz CT molecular complexity index is 273. The van der Waals surface area contributed by atoms with Crippen LogP contribution in [0.4, 0.5) is 4.79 Å². The predicted octanol–water partition coefficient (Wildman–Crippen LogP) is 1.83. The Morgan fingerprint density at radius 3 is 2.24 bits per heavy atom. The van der Waals surface area contributed by atoms with Crippen LogP contribution in [0.2, 0.25) is 0 Å². The molecule has 1 unspecified atom stereocenters. The fourth-order valence-electron chi connectivity index (χ4n) is 2.74. The first-order valence-electron chi connectivity index (χ1n) is 6.85. The molecule has 2 heterocycles. The summed E-state index contributed by atoms with van der Waals surface area (Å²) in [4.78, 5) is 16.2. The minimum Gasteiger partial charge on any atom is -0.390 e. The number of aliphatic hydroxyl groups is 1. The zero-order valence-corrected chi connectivity index (χ0v) is 10.8. The molecule has 1 N–H and O–H groups in total. The average molecular weight is 240 g/mol. The minimum atomic E-state index is -0.586. The summed E-state index contributed by atoms with van der Waals surface area (Å²) in [6.07, 6.45) is 5.93. The van der Waals surface area contributed by atoms with Crippen molar-refractivity contribution in [1.29, 1.82) is 0 Å². The molecule has 0 aromatic rings. The molecule has 0 aromatic heterocycles. The van der Waals surface area contributed by atoms with E-state index in [0.717, 1.165) is 45.3 Å². The monoisotopic (exact) mass is 240 g/mol. The number of hydrogen-bond acceptors (Lipinski definition) is 2. The number of amides is 2. The maximum absolute atomic E-state index is 12.3. The topological polar surface area (TPSA) is 43.8 Å². The fourth-order valence-corrected chi connectivity index (χ4v) is 2.74. The molecule has 0 aromatic carbocycles. The third-order valence-electron chi connectivity index (χ3n) is 3.96. The molecule has 0 bridgehead atoms. The van der Waals surface area contributed by atoms with Gasteiger partial charge in [0.25, 0.3) is 0 Å². The molecule has 2 fully saturated rings. The molecular weight excluding hydrogens is 216 g/mol. The number of nitrogens with zero attached hydrogens (tertiary/aromatic N) is 2. The maximum Gasteiger partial charge on any atom is 0.319 e. The summed E-state index contributed by atoms with van der Waals surface area (Å²) in [5, 5.41) is 10.0. The Morgan fingerprint density at radius 1 is 0.941 bits per heavy atom. The van der Waals surface area contributed by atoms with E-state index in [-0.39, 0.29) is 6.03 Å². The van der Waals surface area contributed by atoms with Crippen LogP contribution in [0.3, 0.4) is 0 Å². The highest BCUT2D eigenvalue weighted by molar-refractivity contribution is 5.74. The Kier molecular flexibility index (Phi) is 3.92. The summed E-state index contributed by atoms with van der Waals surface area (Å²) >= 11 is 0. The standard InChI is InChI=1S/C13H24N2O2/c1-13(17)6-5-10-15(11-7-13)12(16)14-8-3-2-4-9-14/h17H,2-11H2,1H3. The fraction of sp³-hybridized carbons (Fsp3) is 0.923. The van der Waals surface area contributed by atoms with Crippen molar-refractivity contribution in [1.82, 2.24) is 9.80 Å². The van der Waals surface area contributed by atoms with Crippen LogP contribution in [0.15, 0.2) is 0 Å². The molecule has 2 rings (SSSR count). The molecule has 2 aliphatic heterocycles. The van der Waals surface area contributed by atoms with E-state index in [0.29, 0.717) is 13.0 Å². The molecule has 0 saturated carbocycles. The summed E-state index contributed by atoms with van der Waals surface area (Å²) in [6.45, 7) is 5.19. The van der Waals surface area contributed by atoms with Crippen molar-refractivity contribution < 1.29 is 9.90 Å². The van der Waals surface area contributed by atoms with Gasteiger partial charge in [0.2, 0.25) is 0 Å². The summed E-state index contributed by atoms with van der Waals surface area (Å²) in [7, 11) is 0. The van der Waals surface area contributed by atoms with Crippen molar-refractivity contribution in [3.8, 4) is 0 Å². The smallest absolute Gasteiger partial charge is 0.319 e. The number of piperidine rings is 1. The molecule has 0 spiro atoms. The molecule has 17 heavy (non-hydrogen) atoms. The highest BCUT2D eigenvalue weighted by Crippen LogP contribution is 2.22. The Labute approximate surface area is 104 Å². The van der Waals surface area contributed by atoms with Crippen molar-refractivity contribution >= 4 is 6.03 Å². The van der Waals surface area contributed by atoms with Gasteiger partial charge in [-0.2, -0.15) is 0 Å². The molecule has 2 aliphatic rings. The van der Waals surface area contributed by atoms with Gasteiger partial charge in [-0.3, -0.25) is 0 Å². The first-order chi connectivity index (χ1) is 8.08. The van der Waals surface area contributed by atoms with E-state index < -0.39 is 5.60 Å². The van der Waals surface area contributed by atoms with E-state index in [1.807, 2.05) is 16.7 Å². The van der Waals surface area contributed by atoms with Crippen LogP contribution in [0.25, 0.3) is 0 Å². The SMILES string of the molecule is CC1(O)CCCN(C(=O)N2CCCCC2)CC1. The van der Waals surface area contributed by atoms with Crippen LogP contribution >= 0.6 is 0 Å². The Hall–Kier alpha value is -0.770. The van der Waals surface area contributed by atoms with Gasteiger partial charge in [0.05, 0.1) is 5.60 Å². The highest BCUT2D eigenvalue weighted by atomic mass is 16.3. The third-order valence-corrected chi connectivity index (χ3v) is 3.96. The second-order valence-electron chi connectivity index (χ2n) is 5.67. The van der Waals surface area contributed by atoms with Crippen molar-refractivity contribution in [2.24, 2.45) is 0 Å². The summed E-state index contributed by atoms with van der Waals surface area (Å²) in [6, 6.07) is 0.183. The molecule has 2 amide bonds. The third kappa shape index (κ3) is 3.35. The molecule has 0 radical (unpaired) electrons. The van der Waals surface area contributed by atoms with Crippen LogP contribution in [-0.4, -0.2) is 52.7 Å². The zero-order chi connectivity index (χ0) is 12.3. The van der Waals surface area contributed by atoms with Crippen molar-refractivity contribution in [3.05, 3.63) is 0 Å². The number of hydrogen-bond donors (Lipinski definition) is 1. The van der Waals surface area contributed by atoms with E-state index in [2.05, 4.69) is 0 Å². The van der Waals surface area contributed by atoms with Crippen molar-refractivity contribution in [2.75, 3.05) is 26.2 Å². The molecule has 0 aliphatic carbocycles. The molecule has 4 heteroatoms. The van der Waals surface area contributed by atoms with Crippen LogP contribution in [0, 0.1) is 0 Å². The Balaban J connectivity index is 1.90. The van der Waals surface area contributed by atoms with Gasteiger partial charge >= 0.3 is 6.03 Å². The van der Waals surface area contributed by atoms with Gasteiger partial charge in [0.1, 0.15) is 0 Å². The first-order valence-corrected chi connectivity index (χ1v) is 6.85. The van der Waals surface area contributed by atoms with E-state index in [1.54, 1.807) is 0 Å². The quantitative estimate of drug-likeness (QED) is 0.702. The lowest BCUT2D eigenvalue weighted by molar-refractivity contribution is 0.0450. The van der Waals surface area contributed by atoms with Crippen molar-refractivity contribution in [3.63, 3.8) is 0 Å². The molecule has 1 atom stereocenters. The van der Waals surface area contributed by atoms with Gasteiger partial charge in [0, 0.05) is 26.2 Å². The van der Waals surface area contributed by atoms with E-state index in [4.69, 9.17) is 0 Å². The second-order valence-corrected chi connectivity index (χ2v) is 5.67. The van der Waals surface area contributed by atoms with Gasteiger partial charge in [-0.15, -0.1) is 0 Å². The van der Waals surface area contributed by atoms with Crippen LogP contribution in [-0.2, 0) is 0 Å². The van der Waals surface area contributed by atoms with Crippen molar-refractivity contribution in [2.45, 2.75) is 51.0 Å². The highest BCUT2D eigenvalue weighted by Gasteiger charge is 2.29. The Morgan fingerprint density at radius 2 is 1.53 bits per heavy atom. The van der Waals surface area contributed by atoms with Gasteiger partial charge in [-0.1, -0.05) is 0 Å². The van der Waals surface area contributed by atoms with E-state index >= 15 is 0 Å². The number of carbonyl (C=O) groups excluding carboxylic acids is 1. The summed E-state index contributed by atoms with van der Waals surface area (Å²) in [5.41, 5.74) is -0.586. The van der Waals surface area contributed by atoms with Gasteiger partial charge in [-0.05, 0) is 45.4 Å². The van der Waals surface area contributed by atoms with Gasteiger partial charge in [-0.25, -0.2) is 4.79 Å². The minimum absolute atomic E-state index is 0.183. The van der Waals surface area contributed by atoms with E-state index in [1.165, 1.54) is 6.42 Å². The molecule has 4 nitrogen and oxygen atoms in total. The van der Waals surface area contributed by atoms with Gasteiger partial charge < -0.3 is 14.9 Å². The van der Waals surface area contributed by atoms with Crippen LogP contribution in [0.1, 0.15) is 45.4 Å². The number of carbonyl (C=O) groups is 1. The molecular formula is C13H24N2O2. The number of likely N-dealkylation sites (tertiary alicyclic amines) is 2. The lowest BCUT2D eigenvalue weighted by atomic mass is 9.98. The lowest BCUT2D eigenvalue weighted by Crippen LogP contribution is -2.46. The van der Waals surface area contributed by atoms with E-state index in [9.17, 15) is 9.90 Å². The lowest BCUT2D eigenvalue weighted by Gasteiger charge is -2.32. The van der Waals surface area contributed by atoms with Crippen LogP contribution < -0.4 is 0 Å². The van der Waals surface area contributed by atoms with Gasteiger partial charge in [0.15, 0.2) is 0 Å². The average Bonchev–Trinajstić information content (AvgIpc) is 2.50. The second kappa shape index (κ2) is 5.25. The largest absolute Gasteiger partial charge is 0.390 e. The first kappa shape index (κ1) is 12.7. The predicted molar refractivity (Wildman–Crippen MR) is 66.9 cm³/mol. The molecule has 2 saturated heterocycles. The molecule has 98 valence electrons. The van der Waals surface area contributed by atoms with Crippen LogP contribution in [0.5, 0.6) is 0 Å². The number of urea groups is 1. The number of rotatable bonds is 0.